The lowest BCUT2D eigenvalue weighted by atomic mass is 9.93. The summed E-state index contributed by atoms with van der Waals surface area (Å²) in [6.07, 6.45) is 2.43. The summed E-state index contributed by atoms with van der Waals surface area (Å²) in [5.41, 5.74) is -0.0906. The average Bonchev–Trinajstić information content (AvgIpc) is 2.15. The fraction of sp³-hybridized carbons (Fsp3) is 0.909. The Bertz CT molecular complexity index is 196. The van der Waals surface area contributed by atoms with Gasteiger partial charge in [-0.2, -0.15) is 0 Å². The van der Waals surface area contributed by atoms with Crippen LogP contribution in [-0.2, 0) is 4.79 Å². The van der Waals surface area contributed by atoms with E-state index in [0.29, 0.717) is 12.8 Å². The molecular weight excluding hydrogens is 194 g/mol. The number of aliphatic hydroxyl groups is 1. The highest BCUT2D eigenvalue weighted by molar-refractivity contribution is 5.66. The highest BCUT2D eigenvalue weighted by atomic mass is 16.4. The van der Waals surface area contributed by atoms with Gasteiger partial charge in [-0.1, -0.05) is 6.92 Å². The van der Waals surface area contributed by atoms with Crippen LogP contribution in [0, 0.1) is 0 Å². The number of aliphatic carboxylic acids is 1. The zero-order valence-corrected chi connectivity index (χ0v) is 9.92. The molecule has 0 aliphatic rings. The summed E-state index contributed by atoms with van der Waals surface area (Å²) in [5, 5.41) is 20.9. The molecule has 0 saturated heterocycles. The summed E-state index contributed by atoms with van der Waals surface area (Å²) < 4.78 is 0. The van der Waals surface area contributed by atoms with Crippen LogP contribution in [0.5, 0.6) is 0 Å². The molecule has 0 radical (unpaired) electrons. The van der Waals surface area contributed by atoms with Crippen LogP contribution in [0.1, 0.15) is 46.5 Å². The maximum absolute atomic E-state index is 10.4. The van der Waals surface area contributed by atoms with Crippen LogP contribution in [-0.4, -0.2) is 34.4 Å². The molecule has 0 spiro atoms. The van der Waals surface area contributed by atoms with Gasteiger partial charge in [0.05, 0.1) is 0 Å². The number of carbonyl (C=O) groups is 1. The minimum Gasteiger partial charge on any atom is -0.481 e. The number of carboxylic acid groups (broad SMARTS) is 1. The van der Waals surface area contributed by atoms with Gasteiger partial charge in [-0.05, 0) is 33.1 Å². The van der Waals surface area contributed by atoms with Crippen molar-refractivity contribution in [3.63, 3.8) is 0 Å². The fourth-order valence-corrected chi connectivity index (χ4v) is 1.60. The van der Waals surface area contributed by atoms with Gasteiger partial charge in [0, 0.05) is 24.6 Å². The predicted molar refractivity (Wildman–Crippen MR) is 59.9 cm³/mol. The highest BCUT2D eigenvalue weighted by Gasteiger charge is 2.23. The van der Waals surface area contributed by atoms with Gasteiger partial charge in [-0.25, -0.2) is 0 Å². The molecule has 0 aromatic carbocycles. The van der Waals surface area contributed by atoms with Gasteiger partial charge in [-0.3, -0.25) is 4.79 Å². The molecule has 0 bridgehead atoms. The molecule has 2 unspecified atom stereocenters. The molecule has 4 heteroatoms. The van der Waals surface area contributed by atoms with E-state index in [0.717, 1.165) is 6.42 Å². The highest BCUT2D eigenvalue weighted by Crippen LogP contribution is 2.15. The molecule has 3 N–H and O–H groups in total. The minimum absolute atomic E-state index is 0.0906. The first-order valence-corrected chi connectivity index (χ1v) is 5.54. The van der Waals surface area contributed by atoms with Gasteiger partial charge in [0.1, 0.15) is 0 Å². The van der Waals surface area contributed by atoms with Gasteiger partial charge >= 0.3 is 5.97 Å². The van der Waals surface area contributed by atoms with Crippen molar-refractivity contribution in [1.29, 1.82) is 0 Å². The normalized spacial score (nSPS) is 17.1. The quantitative estimate of drug-likeness (QED) is 0.574. The molecule has 4 nitrogen and oxygen atoms in total. The van der Waals surface area contributed by atoms with Crippen LogP contribution >= 0.6 is 0 Å². The predicted octanol–water partition coefficient (Wildman–Crippen LogP) is 1.38. The van der Waals surface area contributed by atoms with Gasteiger partial charge < -0.3 is 15.5 Å². The average molecular weight is 217 g/mol. The van der Waals surface area contributed by atoms with Gasteiger partial charge in [0.25, 0.3) is 0 Å². The number of aliphatic hydroxyl groups excluding tert-OH is 1. The smallest absolute Gasteiger partial charge is 0.303 e. The first kappa shape index (κ1) is 14.4. The summed E-state index contributed by atoms with van der Waals surface area (Å²) in [4.78, 5) is 10.4. The molecule has 0 aliphatic heterocycles. The second-order valence-electron chi connectivity index (χ2n) is 4.37. The Balaban J connectivity index is 3.99. The molecule has 0 fully saturated rings. The lowest BCUT2D eigenvalue weighted by Crippen LogP contribution is -2.47. The molecule has 90 valence electrons. The molecule has 0 aromatic heterocycles. The number of hydrogen-bond donors (Lipinski definition) is 3. The van der Waals surface area contributed by atoms with Gasteiger partial charge in [0.15, 0.2) is 0 Å². The van der Waals surface area contributed by atoms with E-state index in [4.69, 9.17) is 10.2 Å². The van der Waals surface area contributed by atoms with Crippen molar-refractivity contribution in [2.75, 3.05) is 6.61 Å². The molecule has 0 aromatic rings. The van der Waals surface area contributed by atoms with E-state index in [1.807, 2.05) is 6.92 Å². The lowest BCUT2D eigenvalue weighted by molar-refractivity contribution is -0.137. The second-order valence-corrected chi connectivity index (χ2v) is 4.37. The van der Waals surface area contributed by atoms with Gasteiger partial charge in [0.2, 0.25) is 0 Å². The Morgan fingerprint density at radius 1 is 1.53 bits per heavy atom. The third-order valence-electron chi connectivity index (χ3n) is 2.83. The maximum atomic E-state index is 10.4. The number of nitrogens with one attached hydrogen (secondary N) is 1. The lowest BCUT2D eigenvalue weighted by Gasteiger charge is -2.32. The topological polar surface area (TPSA) is 69.6 Å². The zero-order chi connectivity index (χ0) is 11.9. The van der Waals surface area contributed by atoms with Crippen LogP contribution in [0.4, 0.5) is 0 Å². The van der Waals surface area contributed by atoms with E-state index in [1.165, 1.54) is 0 Å². The van der Waals surface area contributed by atoms with E-state index in [-0.39, 0.29) is 24.6 Å². The third-order valence-corrected chi connectivity index (χ3v) is 2.83. The van der Waals surface area contributed by atoms with Crippen LogP contribution < -0.4 is 5.32 Å². The van der Waals surface area contributed by atoms with Crippen LogP contribution in [0.25, 0.3) is 0 Å². The Morgan fingerprint density at radius 3 is 2.53 bits per heavy atom. The molecule has 0 heterocycles. The van der Waals surface area contributed by atoms with E-state index in [9.17, 15) is 4.79 Å². The van der Waals surface area contributed by atoms with Crippen molar-refractivity contribution in [3.05, 3.63) is 0 Å². The Morgan fingerprint density at radius 2 is 2.13 bits per heavy atom. The largest absolute Gasteiger partial charge is 0.481 e. The number of hydrogen-bond acceptors (Lipinski definition) is 3. The molecule has 0 saturated carbocycles. The minimum atomic E-state index is -0.760. The van der Waals surface area contributed by atoms with Crippen LogP contribution in [0.2, 0.25) is 0 Å². The molecule has 0 aliphatic carbocycles. The number of carboxylic acids is 1. The summed E-state index contributed by atoms with van der Waals surface area (Å²) in [6.45, 7) is 6.25. The standard InChI is InChI=1S/C11H23NO3/c1-4-11(3,7-8-13)12-9(2)5-6-10(14)15/h9,12-13H,4-8H2,1-3H3,(H,14,15). The van der Waals surface area contributed by atoms with Crippen molar-refractivity contribution >= 4 is 5.97 Å². The first-order valence-electron chi connectivity index (χ1n) is 5.54. The second kappa shape index (κ2) is 6.80. The summed E-state index contributed by atoms with van der Waals surface area (Å²) in [5.74, 6) is -0.760. The fourth-order valence-electron chi connectivity index (χ4n) is 1.60. The Labute approximate surface area is 91.7 Å². The van der Waals surface area contributed by atoms with E-state index >= 15 is 0 Å². The third kappa shape index (κ3) is 6.47. The Hall–Kier alpha value is -0.610. The molecule has 0 rings (SSSR count). The summed E-state index contributed by atoms with van der Waals surface area (Å²) in [7, 11) is 0. The maximum Gasteiger partial charge on any atom is 0.303 e. The van der Waals surface area contributed by atoms with Crippen molar-refractivity contribution in [2.24, 2.45) is 0 Å². The number of rotatable bonds is 8. The van der Waals surface area contributed by atoms with E-state index < -0.39 is 5.97 Å². The Kier molecular flexibility index (Phi) is 6.52. The van der Waals surface area contributed by atoms with Crippen molar-refractivity contribution in [2.45, 2.75) is 58.0 Å². The summed E-state index contributed by atoms with van der Waals surface area (Å²) in [6, 6.07) is 0.164. The van der Waals surface area contributed by atoms with Crippen LogP contribution in [0.15, 0.2) is 0 Å². The molecule has 2 atom stereocenters. The SMILES string of the molecule is CCC(C)(CCO)NC(C)CCC(=O)O. The molecule has 0 amide bonds. The van der Waals surface area contributed by atoms with E-state index in [2.05, 4.69) is 19.2 Å². The van der Waals surface area contributed by atoms with Crippen molar-refractivity contribution < 1.29 is 15.0 Å². The van der Waals surface area contributed by atoms with Gasteiger partial charge in [-0.15, -0.1) is 0 Å². The first-order chi connectivity index (χ1) is 6.93. The van der Waals surface area contributed by atoms with E-state index in [1.54, 1.807) is 0 Å². The van der Waals surface area contributed by atoms with Crippen LogP contribution in [0.3, 0.4) is 0 Å². The van der Waals surface area contributed by atoms with Crippen molar-refractivity contribution in [1.82, 2.24) is 5.32 Å². The molecular formula is C11H23NO3. The monoisotopic (exact) mass is 217 g/mol. The molecule has 15 heavy (non-hydrogen) atoms. The summed E-state index contributed by atoms with van der Waals surface area (Å²) >= 11 is 0. The van der Waals surface area contributed by atoms with Crippen molar-refractivity contribution in [3.8, 4) is 0 Å². The zero-order valence-electron chi connectivity index (χ0n) is 9.92.